The number of H-pyrrole nitrogens is 1. The van der Waals surface area contributed by atoms with Crippen LogP contribution in [0, 0.1) is 13.8 Å². The summed E-state index contributed by atoms with van der Waals surface area (Å²) in [6.45, 7) is 6.51. The predicted octanol–water partition coefficient (Wildman–Crippen LogP) is 2.47. The second kappa shape index (κ2) is 7.77. The average Bonchev–Trinajstić information content (AvgIpc) is 3.47. The van der Waals surface area contributed by atoms with Gasteiger partial charge in [-0.25, -0.2) is 10.1 Å². The molecule has 0 saturated carbocycles. The molecule has 154 valence electrons. The quantitative estimate of drug-likeness (QED) is 0.485. The molecule has 1 aliphatic rings. The summed E-state index contributed by atoms with van der Waals surface area (Å²) in [5.41, 5.74) is 3.78. The molecule has 0 radical (unpaired) electrons. The number of nitrogens with zero attached hydrogens (tertiary/aromatic N) is 4. The van der Waals surface area contributed by atoms with Gasteiger partial charge in [0.25, 0.3) is 0 Å². The number of fused-ring (bicyclic) bond motifs is 1. The largest absolute Gasteiger partial charge is 0.328 e. The van der Waals surface area contributed by atoms with E-state index >= 15 is 0 Å². The van der Waals surface area contributed by atoms with E-state index in [4.69, 9.17) is 4.98 Å². The van der Waals surface area contributed by atoms with E-state index in [9.17, 15) is 4.79 Å². The molecule has 7 nitrogen and oxygen atoms in total. The van der Waals surface area contributed by atoms with Crippen molar-refractivity contribution in [2.24, 2.45) is 0 Å². The molecular weight excluding hydrogens is 396 g/mol. The number of likely N-dealkylation sites (tertiary alicyclic amines) is 1. The van der Waals surface area contributed by atoms with Crippen molar-refractivity contribution >= 4 is 27.3 Å². The van der Waals surface area contributed by atoms with Crippen LogP contribution in [0.1, 0.15) is 45.5 Å². The Morgan fingerprint density at radius 3 is 2.80 bits per heavy atom. The molecule has 1 fully saturated rings. The number of benzene rings is 1. The molecule has 4 heterocycles. The lowest BCUT2D eigenvalue weighted by atomic mass is 9.97. The van der Waals surface area contributed by atoms with Crippen LogP contribution in [-0.2, 0) is 0 Å². The van der Waals surface area contributed by atoms with Crippen molar-refractivity contribution in [2.45, 2.75) is 32.6 Å². The minimum absolute atomic E-state index is 0.197. The van der Waals surface area contributed by atoms with E-state index in [0.29, 0.717) is 18.4 Å². The highest BCUT2D eigenvalue weighted by atomic mass is 32.1. The van der Waals surface area contributed by atoms with Gasteiger partial charge in [0.2, 0.25) is 11.7 Å². The first-order valence-electron chi connectivity index (χ1n) is 10.4. The Kier molecular flexibility index (Phi) is 4.96. The van der Waals surface area contributed by atoms with Gasteiger partial charge in [0, 0.05) is 35.7 Å². The summed E-state index contributed by atoms with van der Waals surface area (Å²) < 4.78 is 3.22. The second-order valence-corrected chi connectivity index (χ2v) is 9.14. The highest BCUT2D eigenvalue weighted by Gasteiger charge is 2.28. The number of hydrogen-bond donors (Lipinski definition) is 2. The van der Waals surface area contributed by atoms with Crippen LogP contribution in [0.3, 0.4) is 0 Å². The van der Waals surface area contributed by atoms with Crippen LogP contribution in [0.4, 0.5) is 0 Å². The number of thiazole rings is 1. The number of aromatic amines is 1. The van der Waals surface area contributed by atoms with Crippen LogP contribution in [0.2, 0.25) is 0 Å². The van der Waals surface area contributed by atoms with E-state index < -0.39 is 0 Å². The maximum atomic E-state index is 13.0. The molecule has 1 aliphatic heterocycles. The minimum Gasteiger partial charge on any atom is -0.328 e. The number of aromatic nitrogens is 5. The molecule has 2 N–H and O–H groups in total. The Bertz CT molecular complexity index is 1150. The predicted molar refractivity (Wildman–Crippen MR) is 117 cm³/mol. The van der Waals surface area contributed by atoms with E-state index in [0.717, 1.165) is 48.4 Å². The van der Waals surface area contributed by atoms with Gasteiger partial charge >= 0.3 is 0 Å². The number of para-hydroxylation sites is 1. The number of quaternary nitrogens is 1. The van der Waals surface area contributed by atoms with Crippen LogP contribution >= 0.6 is 11.3 Å². The van der Waals surface area contributed by atoms with Crippen molar-refractivity contribution in [2.75, 3.05) is 19.6 Å². The van der Waals surface area contributed by atoms with Gasteiger partial charge in [-0.3, -0.25) is 9.36 Å². The Morgan fingerprint density at radius 1 is 1.27 bits per heavy atom. The minimum atomic E-state index is 0.197. The van der Waals surface area contributed by atoms with E-state index in [1.165, 1.54) is 20.9 Å². The molecule has 8 heteroatoms. The van der Waals surface area contributed by atoms with Crippen LogP contribution < -0.4 is 4.90 Å². The van der Waals surface area contributed by atoms with E-state index in [1.54, 1.807) is 0 Å². The summed E-state index contributed by atoms with van der Waals surface area (Å²) >= 11 is 1.82. The maximum Gasteiger partial charge on any atom is 0.229 e. The summed E-state index contributed by atoms with van der Waals surface area (Å²) in [5.74, 6) is 1.35. The lowest BCUT2D eigenvalue weighted by Gasteiger charge is -2.27. The third-order valence-electron chi connectivity index (χ3n) is 6.11. The first-order chi connectivity index (χ1) is 14.6. The van der Waals surface area contributed by atoms with Crippen molar-refractivity contribution in [3.63, 3.8) is 0 Å². The van der Waals surface area contributed by atoms with Crippen LogP contribution in [0.25, 0.3) is 16.2 Å². The number of carbonyl (C=O) groups excluding carboxylic acids is 1. The molecule has 0 spiro atoms. The molecule has 0 amide bonds. The first kappa shape index (κ1) is 19.1. The van der Waals surface area contributed by atoms with Crippen LogP contribution in [-0.4, -0.2) is 50.1 Å². The fourth-order valence-corrected chi connectivity index (χ4v) is 5.65. The monoisotopic (exact) mass is 421 g/mol. The lowest BCUT2D eigenvalue weighted by molar-refractivity contribution is -0.896. The Labute approximate surface area is 178 Å². The van der Waals surface area contributed by atoms with Gasteiger partial charge in [0.05, 0.1) is 28.3 Å². The molecular formula is C22H25N6OS+. The molecule has 0 unspecified atom stereocenters. The zero-order chi connectivity index (χ0) is 20.7. The number of aryl methyl sites for hydroxylation is 1. The summed E-state index contributed by atoms with van der Waals surface area (Å²) in [4.78, 5) is 23.5. The molecule has 0 bridgehead atoms. The van der Waals surface area contributed by atoms with Crippen LogP contribution in [0.15, 0.2) is 36.7 Å². The summed E-state index contributed by atoms with van der Waals surface area (Å²) in [5, 5.41) is 8.05. The smallest absolute Gasteiger partial charge is 0.229 e. The number of nitrogens with one attached hydrogen (secondary N) is 2. The van der Waals surface area contributed by atoms with Gasteiger partial charge in [-0.2, -0.15) is 10.1 Å². The highest BCUT2D eigenvalue weighted by Crippen LogP contribution is 2.31. The van der Waals surface area contributed by atoms with Crippen molar-refractivity contribution in [3.8, 4) is 5.95 Å². The van der Waals surface area contributed by atoms with Crippen LogP contribution in [0.5, 0.6) is 0 Å². The molecule has 5 rings (SSSR count). The number of rotatable bonds is 5. The van der Waals surface area contributed by atoms with Crippen molar-refractivity contribution in [3.05, 3.63) is 58.6 Å². The molecule has 0 aliphatic carbocycles. The first-order valence-corrected chi connectivity index (χ1v) is 11.2. The van der Waals surface area contributed by atoms with Gasteiger partial charge in [0.15, 0.2) is 0 Å². The van der Waals surface area contributed by atoms with Crippen molar-refractivity contribution < 1.29 is 9.69 Å². The second-order valence-electron chi connectivity index (χ2n) is 8.07. The fourth-order valence-electron chi connectivity index (χ4n) is 4.51. The standard InChI is InChI=1S/C22H24N6OS/c1-14-11-17(15(2)28(14)22-23-13-24-26-22)19(29)12-27-9-7-16(8-10-27)21-25-18-5-3-4-6-20(18)30-21/h3-6,11,13,16H,7-10,12H2,1-2H3,(H,23,24,26)/p+1. The summed E-state index contributed by atoms with van der Waals surface area (Å²) in [6, 6.07) is 10.3. The molecule has 4 aromatic rings. The molecule has 1 aromatic carbocycles. The van der Waals surface area contributed by atoms with Crippen molar-refractivity contribution in [1.82, 2.24) is 24.7 Å². The van der Waals surface area contributed by atoms with Gasteiger partial charge in [-0.1, -0.05) is 12.1 Å². The van der Waals surface area contributed by atoms with E-state index in [1.807, 2.05) is 41.9 Å². The number of piperidine rings is 1. The zero-order valence-corrected chi connectivity index (χ0v) is 18.0. The maximum absolute atomic E-state index is 13.0. The number of carbonyl (C=O) groups is 1. The SMILES string of the molecule is Cc1cc(C(=O)C[NH+]2CCC(c3nc4ccccc4s3)CC2)c(C)n1-c1ncn[nH]1. The number of hydrogen-bond acceptors (Lipinski definition) is 5. The van der Waals surface area contributed by atoms with Gasteiger partial charge in [-0.05, 0) is 32.0 Å². The summed E-state index contributed by atoms with van der Waals surface area (Å²) in [7, 11) is 0. The molecule has 3 aromatic heterocycles. The van der Waals surface area contributed by atoms with Crippen molar-refractivity contribution in [1.29, 1.82) is 0 Å². The van der Waals surface area contributed by atoms with Gasteiger partial charge < -0.3 is 4.90 Å². The molecule has 1 saturated heterocycles. The van der Waals surface area contributed by atoms with Gasteiger partial charge in [-0.15, -0.1) is 11.3 Å². The fraction of sp³-hybridized carbons (Fsp3) is 0.364. The Balaban J connectivity index is 1.24. The van der Waals surface area contributed by atoms with E-state index in [-0.39, 0.29) is 5.78 Å². The topological polar surface area (TPSA) is 80.9 Å². The zero-order valence-electron chi connectivity index (χ0n) is 17.2. The number of Topliss-reactive ketones (excluding diaryl/α,β-unsaturated/α-hetero) is 1. The normalized spacial score (nSPS) is 19.4. The van der Waals surface area contributed by atoms with E-state index in [2.05, 4.69) is 33.4 Å². The Morgan fingerprint density at radius 2 is 2.07 bits per heavy atom. The third-order valence-corrected chi connectivity index (χ3v) is 7.31. The third kappa shape index (κ3) is 3.46. The molecule has 30 heavy (non-hydrogen) atoms. The Hall–Kier alpha value is -2.84. The highest BCUT2D eigenvalue weighted by molar-refractivity contribution is 7.18. The van der Waals surface area contributed by atoms with Gasteiger partial charge in [0.1, 0.15) is 12.9 Å². The average molecular weight is 422 g/mol. The lowest BCUT2D eigenvalue weighted by Crippen LogP contribution is -3.13. The number of ketones is 1. The molecule has 0 atom stereocenters. The summed E-state index contributed by atoms with van der Waals surface area (Å²) in [6.07, 6.45) is 3.65.